The Kier molecular flexibility index (Phi) is 3.62. The van der Waals surface area contributed by atoms with E-state index in [-0.39, 0.29) is 11.4 Å². The fraction of sp³-hybridized carbons (Fsp3) is 0.0769. The summed E-state index contributed by atoms with van der Waals surface area (Å²) in [7, 11) is 0. The predicted molar refractivity (Wildman–Crippen MR) is 70.1 cm³/mol. The Morgan fingerprint density at radius 1 is 1.33 bits per heavy atom. The molecule has 1 heterocycles. The lowest BCUT2D eigenvalue weighted by Gasteiger charge is -2.08. The molecule has 0 saturated carbocycles. The highest BCUT2D eigenvalue weighted by Gasteiger charge is 2.09. The van der Waals surface area contributed by atoms with Crippen LogP contribution in [0.4, 0.5) is 0 Å². The van der Waals surface area contributed by atoms with Crippen molar-refractivity contribution in [2.45, 2.75) is 6.92 Å². The van der Waals surface area contributed by atoms with Crippen molar-refractivity contribution in [2.24, 2.45) is 0 Å². The van der Waals surface area contributed by atoms with Crippen LogP contribution in [-0.4, -0.2) is 16.1 Å². The quantitative estimate of drug-likeness (QED) is 0.940. The lowest BCUT2D eigenvalue weighted by atomic mass is 10.2. The summed E-state index contributed by atoms with van der Waals surface area (Å²) in [4.78, 5) is 15.1. The third kappa shape index (κ3) is 2.87. The molecule has 0 spiro atoms. The van der Waals surface area contributed by atoms with Crippen molar-refractivity contribution >= 4 is 21.9 Å². The van der Waals surface area contributed by atoms with Crippen LogP contribution >= 0.6 is 15.9 Å². The third-order valence-corrected chi connectivity index (χ3v) is 2.88. The number of carbonyl (C=O) groups is 1. The van der Waals surface area contributed by atoms with E-state index in [4.69, 9.17) is 9.84 Å². The standard InChI is InChI=1S/C13H10BrNO3/c1-8-6-9(13(16)17)7-12(15-8)18-11-5-3-2-4-10(11)14/h2-7H,1H3,(H,16,17). The second-order valence-corrected chi connectivity index (χ2v) is 4.53. The number of hydrogen-bond acceptors (Lipinski definition) is 3. The maximum Gasteiger partial charge on any atom is 0.335 e. The summed E-state index contributed by atoms with van der Waals surface area (Å²) in [6.07, 6.45) is 0. The van der Waals surface area contributed by atoms with Crippen molar-refractivity contribution in [3.05, 3.63) is 52.1 Å². The van der Waals surface area contributed by atoms with Crippen molar-refractivity contribution in [1.82, 2.24) is 4.98 Å². The van der Waals surface area contributed by atoms with Gasteiger partial charge in [-0.2, -0.15) is 0 Å². The number of nitrogens with zero attached hydrogens (tertiary/aromatic N) is 1. The molecule has 2 rings (SSSR count). The van der Waals surface area contributed by atoms with Gasteiger partial charge in [-0.25, -0.2) is 9.78 Å². The number of ether oxygens (including phenoxy) is 1. The van der Waals surface area contributed by atoms with Crippen molar-refractivity contribution in [1.29, 1.82) is 0 Å². The Bertz CT molecular complexity index is 599. The van der Waals surface area contributed by atoms with Crippen LogP contribution in [0.25, 0.3) is 0 Å². The van der Waals surface area contributed by atoms with Crippen LogP contribution in [-0.2, 0) is 0 Å². The number of para-hydroxylation sites is 1. The molecule has 0 bridgehead atoms. The molecular weight excluding hydrogens is 298 g/mol. The molecule has 0 radical (unpaired) electrons. The maximum atomic E-state index is 10.9. The zero-order chi connectivity index (χ0) is 13.1. The Hall–Kier alpha value is -1.88. The lowest BCUT2D eigenvalue weighted by Crippen LogP contribution is -2.00. The van der Waals surface area contributed by atoms with Crippen LogP contribution in [0.5, 0.6) is 11.6 Å². The molecule has 1 aromatic carbocycles. The summed E-state index contributed by atoms with van der Waals surface area (Å²) >= 11 is 3.35. The SMILES string of the molecule is Cc1cc(C(=O)O)cc(Oc2ccccc2Br)n1. The second-order valence-electron chi connectivity index (χ2n) is 3.67. The second kappa shape index (κ2) is 5.18. The highest BCUT2D eigenvalue weighted by atomic mass is 79.9. The fourth-order valence-corrected chi connectivity index (χ4v) is 1.82. The molecule has 0 atom stereocenters. The van der Waals surface area contributed by atoms with Crippen molar-refractivity contribution in [3.63, 3.8) is 0 Å². The van der Waals surface area contributed by atoms with Gasteiger partial charge in [-0.15, -0.1) is 0 Å². The average molecular weight is 308 g/mol. The normalized spacial score (nSPS) is 10.1. The van der Waals surface area contributed by atoms with E-state index >= 15 is 0 Å². The first-order valence-electron chi connectivity index (χ1n) is 5.20. The van der Waals surface area contributed by atoms with E-state index in [1.165, 1.54) is 12.1 Å². The highest BCUT2D eigenvalue weighted by Crippen LogP contribution is 2.28. The number of aryl methyl sites for hydroxylation is 1. The topological polar surface area (TPSA) is 59.4 Å². The van der Waals surface area contributed by atoms with Gasteiger partial charge in [0, 0.05) is 11.8 Å². The molecule has 2 aromatic rings. The van der Waals surface area contributed by atoms with Crippen molar-refractivity contribution in [2.75, 3.05) is 0 Å². The molecule has 1 aromatic heterocycles. The van der Waals surface area contributed by atoms with E-state index in [1.54, 1.807) is 13.0 Å². The molecule has 92 valence electrons. The summed E-state index contributed by atoms with van der Waals surface area (Å²) in [6, 6.07) is 10.2. The number of aromatic carboxylic acids is 1. The van der Waals surface area contributed by atoms with Crippen molar-refractivity contribution in [3.8, 4) is 11.6 Å². The number of benzene rings is 1. The van der Waals surface area contributed by atoms with Crippen LogP contribution in [0.1, 0.15) is 16.1 Å². The Labute approximate surface area is 112 Å². The Balaban J connectivity index is 2.35. The van der Waals surface area contributed by atoms with E-state index < -0.39 is 5.97 Å². The minimum atomic E-state index is -1.00. The number of carboxylic acid groups (broad SMARTS) is 1. The van der Waals surface area contributed by atoms with Gasteiger partial charge in [-0.3, -0.25) is 0 Å². The van der Waals surface area contributed by atoms with E-state index in [0.717, 1.165) is 4.47 Å². The molecule has 18 heavy (non-hydrogen) atoms. The first kappa shape index (κ1) is 12.6. The van der Waals surface area contributed by atoms with Crippen LogP contribution in [0, 0.1) is 6.92 Å². The minimum absolute atomic E-state index is 0.157. The van der Waals surface area contributed by atoms with Gasteiger partial charge in [0.15, 0.2) is 0 Å². The van der Waals surface area contributed by atoms with Crippen LogP contribution < -0.4 is 4.74 Å². The molecule has 0 aliphatic heterocycles. The smallest absolute Gasteiger partial charge is 0.335 e. The molecule has 0 aliphatic carbocycles. The van der Waals surface area contributed by atoms with Gasteiger partial charge >= 0.3 is 5.97 Å². The number of carboxylic acids is 1. The first-order chi connectivity index (χ1) is 8.56. The van der Waals surface area contributed by atoms with Gasteiger partial charge < -0.3 is 9.84 Å². The van der Waals surface area contributed by atoms with Gasteiger partial charge in [-0.05, 0) is 41.1 Å². The van der Waals surface area contributed by atoms with E-state index in [1.807, 2.05) is 18.2 Å². The summed E-state index contributed by atoms with van der Waals surface area (Å²) in [5.74, 6) is -0.149. The van der Waals surface area contributed by atoms with Gasteiger partial charge in [0.05, 0.1) is 10.0 Å². The Morgan fingerprint density at radius 3 is 2.72 bits per heavy atom. The molecule has 0 fully saturated rings. The molecule has 0 amide bonds. The van der Waals surface area contributed by atoms with E-state index in [0.29, 0.717) is 11.4 Å². The summed E-state index contributed by atoms with van der Waals surface area (Å²) < 4.78 is 6.34. The van der Waals surface area contributed by atoms with E-state index in [2.05, 4.69) is 20.9 Å². The van der Waals surface area contributed by atoms with Gasteiger partial charge in [0.2, 0.25) is 5.88 Å². The summed E-state index contributed by atoms with van der Waals surface area (Å²) in [6.45, 7) is 1.72. The molecule has 0 saturated heterocycles. The van der Waals surface area contributed by atoms with Gasteiger partial charge in [0.25, 0.3) is 0 Å². The van der Waals surface area contributed by atoms with Gasteiger partial charge in [-0.1, -0.05) is 12.1 Å². The van der Waals surface area contributed by atoms with E-state index in [9.17, 15) is 4.79 Å². The molecule has 4 nitrogen and oxygen atoms in total. The predicted octanol–water partition coefficient (Wildman–Crippen LogP) is 3.64. The molecule has 0 unspecified atom stereocenters. The number of hydrogen-bond donors (Lipinski definition) is 1. The minimum Gasteiger partial charge on any atom is -0.478 e. The first-order valence-corrected chi connectivity index (χ1v) is 6.00. The third-order valence-electron chi connectivity index (χ3n) is 2.23. The fourth-order valence-electron chi connectivity index (χ4n) is 1.45. The summed E-state index contributed by atoms with van der Waals surface area (Å²) in [5.41, 5.74) is 0.751. The van der Waals surface area contributed by atoms with Crippen LogP contribution in [0.2, 0.25) is 0 Å². The van der Waals surface area contributed by atoms with Crippen LogP contribution in [0.3, 0.4) is 0 Å². The average Bonchev–Trinajstić information content (AvgIpc) is 2.31. The molecule has 1 N–H and O–H groups in total. The lowest BCUT2D eigenvalue weighted by molar-refractivity contribution is 0.0696. The van der Waals surface area contributed by atoms with Gasteiger partial charge in [0.1, 0.15) is 5.75 Å². The molecular formula is C13H10BrNO3. The monoisotopic (exact) mass is 307 g/mol. The zero-order valence-electron chi connectivity index (χ0n) is 9.55. The molecule has 0 aliphatic rings. The Morgan fingerprint density at radius 2 is 2.06 bits per heavy atom. The number of rotatable bonds is 3. The van der Waals surface area contributed by atoms with Crippen LogP contribution in [0.15, 0.2) is 40.9 Å². The zero-order valence-corrected chi connectivity index (χ0v) is 11.1. The highest BCUT2D eigenvalue weighted by molar-refractivity contribution is 9.10. The largest absolute Gasteiger partial charge is 0.478 e. The summed E-state index contributed by atoms with van der Waals surface area (Å²) in [5, 5.41) is 8.96. The maximum absolute atomic E-state index is 10.9. The number of halogens is 1. The number of aromatic nitrogens is 1. The van der Waals surface area contributed by atoms with Crippen molar-refractivity contribution < 1.29 is 14.6 Å². The number of pyridine rings is 1. The molecule has 5 heteroatoms.